The van der Waals surface area contributed by atoms with Gasteiger partial charge in [0.25, 0.3) is 0 Å². The van der Waals surface area contributed by atoms with Crippen LogP contribution in [0.3, 0.4) is 0 Å². The highest BCUT2D eigenvalue weighted by Crippen LogP contribution is 2.43. The standard InChI is InChI=1S/C27H32O3/c1-19(10-9-11-20(2)16-25(28)29)14-15-24-21(3)26(30)23(18-27(24,4)5)17-22-12-7-6-8-13-22/h6-16,23H,17-18H2,1-5H3,(H,28,29)/b11-9+,15-14+,19-10+,20-16+/t23-/m0/s1. The smallest absolute Gasteiger partial charge is 0.328 e. The first-order valence-corrected chi connectivity index (χ1v) is 10.3. The Hall–Kier alpha value is -2.94. The lowest BCUT2D eigenvalue weighted by molar-refractivity contribution is -0.131. The summed E-state index contributed by atoms with van der Waals surface area (Å²) in [6, 6.07) is 10.2. The molecule has 1 N–H and O–H groups in total. The first-order chi connectivity index (χ1) is 14.1. The van der Waals surface area contributed by atoms with Crippen LogP contribution in [0.2, 0.25) is 0 Å². The van der Waals surface area contributed by atoms with Gasteiger partial charge in [0.1, 0.15) is 0 Å². The third kappa shape index (κ3) is 6.55. The molecule has 3 heteroatoms. The van der Waals surface area contributed by atoms with Crippen LogP contribution in [0.25, 0.3) is 0 Å². The van der Waals surface area contributed by atoms with E-state index in [1.807, 2.05) is 50.3 Å². The van der Waals surface area contributed by atoms with Crippen molar-refractivity contribution in [3.63, 3.8) is 0 Å². The molecule has 1 aliphatic carbocycles. The summed E-state index contributed by atoms with van der Waals surface area (Å²) in [6.07, 6.45) is 12.4. The summed E-state index contributed by atoms with van der Waals surface area (Å²) in [7, 11) is 0. The largest absolute Gasteiger partial charge is 0.478 e. The van der Waals surface area contributed by atoms with Crippen LogP contribution >= 0.6 is 0 Å². The minimum atomic E-state index is -0.949. The lowest BCUT2D eigenvalue weighted by Crippen LogP contribution is -2.33. The fourth-order valence-electron chi connectivity index (χ4n) is 4.04. The van der Waals surface area contributed by atoms with E-state index < -0.39 is 5.97 Å². The molecule has 0 aromatic heterocycles. The van der Waals surface area contributed by atoms with E-state index in [1.54, 1.807) is 13.0 Å². The minimum absolute atomic E-state index is 0.0168. The molecule has 0 fully saturated rings. The van der Waals surface area contributed by atoms with Gasteiger partial charge in [0, 0.05) is 12.0 Å². The van der Waals surface area contributed by atoms with Crippen molar-refractivity contribution in [3.05, 3.63) is 94.6 Å². The molecule has 1 aliphatic rings. The molecule has 0 unspecified atom stereocenters. The van der Waals surface area contributed by atoms with E-state index in [4.69, 9.17) is 5.11 Å². The second-order valence-electron chi connectivity index (χ2n) is 8.71. The Balaban J connectivity index is 2.17. The van der Waals surface area contributed by atoms with Gasteiger partial charge in [-0.2, -0.15) is 0 Å². The number of allylic oxidation sites excluding steroid dienone is 9. The molecule has 1 aromatic carbocycles. The van der Waals surface area contributed by atoms with Crippen LogP contribution in [0.4, 0.5) is 0 Å². The zero-order valence-electron chi connectivity index (χ0n) is 18.6. The SMILES string of the molecule is CC1=C(/C=C/C(C)=C/C=C/C(C)=C/C(=O)O)C(C)(C)C[C@H](Cc2ccccc2)C1=O. The van der Waals surface area contributed by atoms with Crippen LogP contribution in [0.1, 0.15) is 46.6 Å². The van der Waals surface area contributed by atoms with Crippen LogP contribution in [-0.4, -0.2) is 16.9 Å². The molecule has 30 heavy (non-hydrogen) atoms. The van der Waals surface area contributed by atoms with Gasteiger partial charge in [-0.05, 0) is 61.3 Å². The van der Waals surface area contributed by atoms with E-state index in [2.05, 4.69) is 32.1 Å². The predicted octanol–water partition coefficient (Wildman–Crippen LogP) is 6.25. The molecule has 0 aliphatic heterocycles. The number of hydrogen-bond acceptors (Lipinski definition) is 2. The molecule has 158 valence electrons. The second-order valence-corrected chi connectivity index (χ2v) is 8.71. The van der Waals surface area contributed by atoms with Crippen molar-refractivity contribution < 1.29 is 14.7 Å². The normalized spacial score (nSPS) is 20.4. The van der Waals surface area contributed by atoms with Gasteiger partial charge in [0.05, 0.1) is 0 Å². The first kappa shape index (κ1) is 23.3. The minimum Gasteiger partial charge on any atom is -0.478 e. The Morgan fingerprint density at radius 3 is 2.43 bits per heavy atom. The first-order valence-electron chi connectivity index (χ1n) is 10.3. The average molecular weight is 405 g/mol. The van der Waals surface area contributed by atoms with Gasteiger partial charge in [0.15, 0.2) is 5.78 Å². The summed E-state index contributed by atoms with van der Waals surface area (Å²) in [5, 5.41) is 8.75. The highest BCUT2D eigenvalue weighted by atomic mass is 16.4. The lowest BCUT2D eigenvalue weighted by Gasteiger charge is -2.37. The molecule has 0 amide bonds. The Morgan fingerprint density at radius 1 is 1.13 bits per heavy atom. The maximum Gasteiger partial charge on any atom is 0.328 e. The maximum absolute atomic E-state index is 13.0. The quantitative estimate of drug-likeness (QED) is 0.432. The van der Waals surface area contributed by atoms with Gasteiger partial charge in [0.2, 0.25) is 0 Å². The summed E-state index contributed by atoms with van der Waals surface area (Å²) in [4.78, 5) is 23.7. The number of rotatable bonds is 7. The zero-order valence-corrected chi connectivity index (χ0v) is 18.6. The molecule has 3 nitrogen and oxygen atoms in total. The molecule has 2 rings (SSSR count). The predicted molar refractivity (Wildman–Crippen MR) is 123 cm³/mol. The van der Waals surface area contributed by atoms with E-state index in [9.17, 15) is 9.59 Å². The average Bonchev–Trinajstić information content (AvgIpc) is 2.65. The van der Waals surface area contributed by atoms with E-state index >= 15 is 0 Å². The summed E-state index contributed by atoms with van der Waals surface area (Å²) in [6.45, 7) is 10.1. The molecule has 0 saturated carbocycles. The van der Waals surface area contributed by atoms with Crippen LogP contribution < -0.4 is 0 Å². The molecule has 0 heterocycles. The number of carboxylic acid groups (broad SMARTS) is 1. The number of aliphatic carboxylic acids is 1. The summed E-state index contributed by atoms with van der Waals surface area (Å²) >= 11 is 0. The molecule has 1 aromatic rings. The fraction of sp³-hybridized carbons (Fsp3) is 0.333. The number of ketones is 1. The van der Waals surface area contributed by atoms with Gasteiger partial charge >= 0.3 is 5.97 Å². The van der Waals surface area contributed by atoms with Gasteiger partial charge in [-0.3, -0.25) is 4.79 Å². The number of carbonyl (C=O) groups is 2. The Bertz CT molecular complexity index is 938. The van der Waals surface area contributed by atoms with Crippen LogP contribution in [0.5, 0.6) is 0 Å². The van der Waals surface area contributed by atoms with Crippen molar-refractivity contribution >= 4 is 11.8 Å². The maximum atomic E-state index is 13.0. The molecule has 1 atom stereocenters. The second kappa shape index (κ2) is 10.2. The Labute approximate surface area is 180 Å². The van der Waals surface area contributed by atoms with E-state index in [-0.39, 0.29) is 17.1 Å². The molecule has 0 saturated heterocycles. The van der Waals surface area contributed by atoms with E-state index in [0.29, 0.717) is 5.57 Å². The molecular weight excluding hydrogens is 372 g/mol. The summed E-state index contributed by atoms with van der Waals surface area (Å²) in [5.41, 5.74) is 4.78. The number of carboxylic acids is 1. The zero-order chi connectivity index (χ0) is 22.3. The van der Waals surface area contributed by atoms with Crippen LogP contribution in [-0.2, 0) is 16.0 Å². The Kier molecular flexibility index (Phi) is 7.93. The van der Waals surface area contributed by atoms with Crippen molar-refractivity contribution in [2.75, 3.05) is 0 Å². The summed E-state index contributed by atoms with van der Waals surface area (Å²) in [5.74, 6) is -0.688. The third-order valence-electron chi connectivity index (χ3n) is 5.54. The van der Waals surface area contributed by atoms with Crippen molar-refractivity contribution in [2.24, 2.45) is 11.3 Å². The molecule has 0 spiro atoms. The van der Waals surface area contributed by atoms with Crippen molar-refractivity contribution in [2.45, 2.75) is 47.5 Å². The topological polar surface area (TPSA) is 54.4 Å². The highest BCUT2D eigenvalue weighted by molar-refractivity contribution is 5.99. The molecule has 0 radical (unpaired) electrons. The number of carbonyl (C=O) groups excluding carboxylic acids is 1. The van der Waals surface area contributed by atoms with E-state index in [1.165, 1.54) is 11.6 Å². The van der Waals surface area contributed by atoms with Gasteiger partial charge in [-0.1, -0.05) is 80.1 Å². The van der Waals surface area contributed by atoms with Gasteiger partial charge in [-0.25, -0.2) is 4.79 Å². The molecule has 0 bridgehead atoms. The number of hydrogen-bond donors (Lipinski definition) is 1. The fourth-order valence-corrected chi connectivity index (χ4v) is 4.04. The van der Waals surface area contributed by atoms with E-state index in [0.717, 1.165) is 29.6 Å². The van der Waals surface area contributed by atoms with Crippen LogP contribution in [0.15, 0.2) is 89.1 Å². The highest BCUT2D eigenvalue weighted by Gasteiger charge is 2.37. The Morgan fingerprint density at radius 2 is 1.80 bits per heavy atom. The van der Waals surface area contributed by atoms with Gasteiger partial charge < -0.3 is 5.11 Å². The van der Waals surface area contributed by atoms with Crippen molar-refractivity contribution in [1.29, 1.82) is 0 Å². The summed E-state index contributed by atoms with van der Waals surface area (Å²) < 4.78 is 0. The monoisotopic (exact) mass is 404 g/mol. The van der Waals surface area contributed by atoms with Crippen molar-refractivity contribution in [1.82, 2.24) is 0 Å². The number of Topliss-reactive ketones (excluding diaryl/α,β-unsaturated/α-hetero) is 1. The van der Waals surface area contributed by atoms with Crippen molar-refractivity contribution in [3.8, 4) is 0 Å². The molecular formula is C27H32O3. The number of benzene rings is 1. The van der Waals surface area contributed by atoms with Crippen LogP contribution in [0, 0.1) is 11.3 Å². The third-order valence-corrected chi connectivity index (χ3v) is 5.54. The lowest BCUT2D eigenvalue weighted by atomic mass is 9.66. The van der Waals surface area contributed by atoms with Gasteiger partial charge in [-0.15, -0.1) is 0 Å².